The first-order valence-electron chi connectivity index (χ1n) is 5.69. The molecule has 0 radical (unpaired) electrons. The van der Waals surface area contributed by atoms with Gasteiger partial charge in [-0.3, -0.25) is 9.48 Å². The first kappa shape index (κ1) is 14.0. The number of rotatable bonds is 3. The summed E-state index contributed by atoms with van der Waals surface area (Å²) in [5, 5.41) is 10.3. The van der Waals surface area contributed by atoms with Crippen molar-refractivity contribution in [3.8, 4) is 0 Å². The fourth-order valence-electron chi connectivity index (χ4n) is 1.97. The van der Waals surface area contributed by atoms with E-state index in [1.165, 1.54) is 0 Å². The number of carbonyl (C=O) groups is 1. The predicted molar refractivity (Wildman–Crippen MR) is 68.0 cm³/mol. The summed E-state index contributed by atoms with van der Waals surface area (Å²) in [6, 6.07) is 0.00252. The molecule has 0 bridgehead atoms. The van der Waals surface area contributed by atoms with Gasteiger partial charge in [-0.1, -0.05) is 0 Å². The molecule has 1 saturated heterocycles. The summed E-state index contributed by atoms with van der Waals surface area (Å²) in [5.41, 5.74) is 1.04. The molecule has 1 amide bonds. The second kappa shape index (κ2) is 6.02. The van der Waals surface area contributed by atoms with Crippen molar-refractivity contribution < 1.29 is 4.79 Å². The Morgan fingerprint density at radius 3 is 3.00 bits per heavy atom. The van der Waals surface area contributed by atoms with E-state index in [1.54, 1.807) is 10.9 Å². The highest BCUT2D eigenvalue weighted by Gasteiger charge is 2.23. The SMILES string of the molecule is CC(NC(=O)[C@@H]1CCCN1)c1cnn(C)c1.Cl. The first-order valence-corrected chi connectivity index (χ1v) is 5.69. The van der Waals surface area contributed by atoms with Crippen molar-refractivity contribution in [1.82, 2.24) is 20.4 Å². The lowest BCUT2D eigenvalue weighted by molar-refractivity contribution is -0.123. The number of aryl methyl sites for hydroxylation is 1. The third-order valence-electron chi connectivity index (χ3n) is 2.96. The van der Waals surface area contributed by atoms with Gasteiger partial charge in [0.05, 0.1) is 18.3 Å². The van der Waals surface area contributed by atoms with E-state index in [0.29, 0.717) is 0 Å². The van der Waals surface area contributed by atoms with Crippen LogP contribution in [0.1, 0.15) is 31.4 Å². The van der Waals surface area contributed by atoms with Crippen LogP contribution in [0.3, 0.4) is 0 Å². The van der Waals surface area contributed by atoms with Crippen LogP contribution < -0.4 is 10.6 Å². The molecule has 1 aliphatic rings. The Morgan fingerprint density at radius 1 is 1.71 bits per heavy atom. The lowest BCUT2D eigenvalue weighted by Gasteiger charge is -2.15. The molecule has 96 valence electrons. The molecule has 1 unspecified atom stereocenters. The number of hydrogen-bond donors (Lipinski definition) is 2. The van der Waals surface area contributed by atoms with Crippen molar-refractivity contribution in [2.24, 2.45) is 7.05 Å². The van der Waals surface area contributed by atoms with Gasteiger partial charge in [0.1, 0.15) is 0 Å². The van der Waals surface area contributed by atoms with Crippen molar-refractivity contribution >= 4 is 18.3 Å². The molecule has 17 heavy (non-hydrogen) atoms. The number of nitrogens with one attached hydrogen (secondary N) is 2. The smallest absolute Gasteiger partial charge is 0.237 e. The molecule has 0 aliphatic carbocycles. The van der Waals surface area contributed by atoms with Gasteiger partial charge >= 0.3 is 0 Å². The van der Waals surface area contributed by atoms with Crippen LogP contribution in [-0.4, -0.2) is 28.3 Å². The molecule has 0 aromatic carbocycles. The highest BCUT2D eigenvalue weighted by molar-refractivity contribution is 5.85. The number of hydrogen-bond acceptors (Lipinski definition) is 3. The number of amides is 1. The highest BCUT2D eigenvalue weighted by atomic mass is 35.5. The summed E-state index contributed by atoms with van der Waals surface area (Å²) in [6.07, 6.45) is 5.73. The Kier molecular flexibility index (Phi) is 4.96. The lowest BCUT2D eigenvalue weighted by Crippen LogP contribution is -2.41. The van der Waals surface area contributed by atoms with E-state index in [2.05, 4.69) is 15.7 Å². The number of aromatic nitrogens is 2. The van der Waals surface area contributed by atoms with Gasteiger partial charge in [-0.2, -0.15) is 5.10 Å². The van der Waals surface area contributed by atoms with Crippen molar-refractivity contribution in [1.29, 1.82) is 0 Å². The van der Waals surface area contributed by atoms with Crippen LogP contribution in [0.5, 0.6) is 0 Å². The average molecular weight is 259 g/mol. The molecule has 0 saturated carbocycles. The van der Waals surface area contributed by atoms with Crippen molar-refractivity contribution in [2.45, 2.75) is 31.8 Å². The number of nitrogens with zero attached hydrogens (tertiary/aromatic N) is 2. The molecule has 2 rings (SSSR count). The largest absolute Gasteiger partial charge is 0.348 e. The molecule has 6 heteroatoms. The van der Waals surface area contributed by atoms with E-state index in [9.17, 15) is 4.79 Å². The minimum Gasteiger partial charge on any atom is -0.348 e. The first-order chi connectivity index (χ1) is 7.66. The van der Waals surface area contributed by atoms with Crippen LogP contribution in [0.2, 0.25) is 0 Å². The monoisotopic (exact) mass is 258 g/mol. The molecular formula is C11H19ClN4O. The molecule has 0 spiro atoms. The van der Waals surface area contributed by atoms with Crippen molar-refractivity contribution in [3.63, 3.8) is 0 Å². The predicted octanol–water partition coefficient (Wildman–Crippen LogP) is 0.771. The molecule has 1 aromatic heterocycles. The standard InChI is InChI=1S/C11H18N4O.ClH/c1-8(9-6-13-15(2)7-9)14-11(16)10-4-3-5-12-10;/h6-8,10,12H,3-5H2,1-2H3,(H,14,16);1H/t8?,10-;/m0./s1. The van der Waals surface area contributed by atoms with E-state index in [-0.39, 0.29) is 30.4 Å². The van der Waals surface area contributed by atoms with Crippen molar-refractivity contribution in [2.75, 3.05) is 6.54 Å². The van der Waals surface area contributed by atoms with E-state index < -0.39 is 0 Å². The summed E-state index contributed by atoms with van der Waals surface area (Å²) >= 11 is 0. The van der Waals surface area contributed by atoms with Gasteiger partial charge in [0.2, 0.25) is 5.91 Å². The zero-order valence-corrected chi connectivity index (χ0v) is 11.0. The van der Waals surface area contributed by atoms with E-state index in [0.717, 1.165) is 24.9 Å². The fourth-order valence-corrected chi connectivity index (χ4v) is 1.97. The molecule has 2 heterocycles. The minimum absolute atomic E-state index is 0. The van der Waals surface area contributed by atoms with E-state index in [4.69, 9.17) is 0 Å². The topological polar surface area (TPSA) is 59.0 Å². The summed E-state index contributed by atoms with van der Waals surface area (Å²) < 4.78 is 1.74. The second-order valence-electron chi connectivity index (χ2n) is 4.33. The summed E-state index contributed by atoms with van der Waals surface area (Å²) in [7, 11) is 1.87. The van der Waals surface area contributed by atoms with Gasteiger partial charge < -0.3 is 10.6 Å². The maximum atomic E-state index is 11.8. The van der Waals surface area contributed by atoms with Gasteiger partial charge in [-0.25, -0.2) is 0 Å². The molecule has 1 aliphatic heterocycles. The Labute approximate surface area is 107 Å². The molecule has 1 aromatic rings. The fraction of sp³-hybridized carbons (Fsp3) is 0.636. The van der Waals surface area contributed by atoms with Gasteiger partial charge in [-0.15, -0.1) is 12.4 Å². The van der Waals surface area contributed by atoms with Gasteiger partial charge in [0.15, 0.2) is 0 Å². The number of halogens is 1. The zero-order valence-electron chi connectivity index (χ0n) is 10.1. The molecular weight excluding hydrogens is 240 g/mol. The van der Waals surface area contributed by atoms with E-state index in [1.807, 2.05) is 20.2 Å². The third kappa shape index (κ3) is 3.44. The average Bonchev–Trinajstić information content (AvgIpc) is 2.87. The quantitative estimate of drug-likeness (QED) is 0.842. The van der Waals surface area contributed by atoms with Crippen LogP contribution in [0.15, 0.2) is 12.4 Å². The zero-order chi connectivity index (χ0) is 11.5. The highest BCUT2D eigenvalue weighted by Crippen LogP contribution is 2.12. The van der Waals surface area contributed by atoms with Crippen LogP contribution >= 0.6 is 12.4 Å². The summed E-state index contributed by atoms with van der Waals surface area (Å²) in [4.78, 5) is 11.8. The van der Waals surface area contributed by atoms with Gasteiger partial charge in [-0.05, 0) is 26.3 Å². The Morgan fingerprint density at radius 2 is 2.47 bits per heavy atom. The minimum atomic E-state index is -0.0147. The molecule has 5 nitrogen and oxygen atoms in total. The van der Waals surface area contributed by atoms with Gasteiger partial charge in [0.25, 0.3) is 0 Å². The van der Waals surface area contributed by atoms with Crippen molar-refractivity contribution in [3.05, 3.63) is 18.0 Å². The van der Waals surface area contributed by atoms with E-state index >= 15 is 0 Å². The maximum Gasteiger partial charge on any atom is 0.237 e. The van der Waals surface area contributed by atoms with Crippen LogP contribution in [0.25, 0.3) is 0 Å². The summed E-state index contributed by atoms with van der Waals surface area (Å²) in [5.74, 6) is 0.0915. The lowest BCUT2D eigenvalue weighted by atomic mass is 10.1. The Hall–Kier alpha value is -1.07. The Bertz CT molecular complexity index is 373. The molecule has 1 fully saturated rings. The molecule has 2 atom stereocenters. The second-order valence-corrected chi connectivity index (χ2v) is 4.33. The number of carbonyl (C=O) groups excluding carboxylic acids is 1. The maximum absolute atomic E-state index is 11.8. The normalized spacial score (nSPS) is 20.7. The Balaban J connectivity index is 0.00000144. The third-order valence-corrected chi connectivity index (χ3v) is 2.96. The molecule has 2 N–H and O–H groups in total. The van der Waals surface area contributed by atoms with Crippen LogP contribution in [-0.2, 0) is 11.8 Å². The van der Waals surface area contributed by atoms with Crippen LogP contribution in [0, 0.1) is 0 Å². The summed E-state index contributed by atoms with van der Waals surface area (Å²) in [6.45, 7) is 2.92. The van der Waals surface area contributed by atoms with Crippen LogP contribution in [0.4, 0.5) is 0 Å². The van der Waals surface area contributed by atoms with Gasteiger partial charge in [0, 0.05) is 18.8 Å².